The van der Waals surface area contributed by atoms with E-state index in [9.17, 15) is 0 Å². The Morgan fingerprint density at radius 3 is 2.64 bits per heavy atom. The van der Waals surface area contributed by atoms with Gasteiger partial charge in [0.1, 0.15) is 5.75 Å². The zero-order valence-corrected chi connectivity index (χ0v) is 9.08. The molecule has 1 fully saturated rings. The summed E-state index contributed by atoms with van der Waals surface area (Å²) in [4.78, 5) is 4.43. The second-order valence-electron chi connectivity index (χ2n) is 4.35. The van der Waals surface area contributed by atoms with Gasteiger partial charge >= 0.3 is 0 Å². The van der Waals surface area contributed by atoms with Gasteiger partial charge in [0.2, 0.25) is 0 Å². The lowest BCUT2D eigenvalue weighted by Crippen LogP contribution is -2.00. The molecule has 2 nitrogen and oxygen atoms in total. The molecule has 0 spiro atoms. The normalized spacial score (nSPS) is 16.0. The molecule has 1 saturated carbocycles. The maximum atomic E-state index is 5.68. The van der Waals surface area contributed by atoms with E-state index in [4.69, 9.17) is 4.74 Å². The Morgan fingerprint density at radius 1 is 1.43 bits per heavy atom. The van der Waals surface area contributed by atoms with Crippen LogP contribution in [-0.4, -0.2) is 11.1 Å². The van der Waals surface area contributed by atoms with Gasteiger partial charge in [-0.2, -0.15) is 0 Å². The minimum Gasteiger partial charge on any atom is -0.489 e. The third kappa shape index (κ3) is 2.06. The van der Waals surface area contributed by atoms with E-state index in [1.165, 1.54) is 24.1 Å². The standard InChI is InChI=1S/C12H17NO/c1-8(2)12-9(3)6-11(7-13-12)14-10-4-5-10/h6-8,10H,4-5H2,1-3H3. The quantitative estimate of drug-likeness (QED) is 0.732. The first kappa shape index (κ1) is 9.50. The average Bonchev–Trinajstić information content (AvgIpc) is 2.87. The van der Waals surface area contributed by atoms with Gasteiger partial charge in [-0.25, -0.2) is 0 Å². The lowest BCUT2D eigenvalue weighted by atomic mass is 10.1. The Bertz CT molecular complexity index is 329. The van der Waals surface area contributed by atoms with Crippen LogP contribution in [0.4, 0.5) is 0 Å². The summed E-state index contributed by atoms with van der Waals surface area (Å²) < 4.78 is 5.68. The van der Waals surface area contributed by atoms with E-state index in [-0.39, 0.29) is 0 Å². The molecule has 0 radical (unpaired) electrons. The molecule has 1 heterocycles. The Balaban J connectivity index is 2.16. The molecule has 14 heavy (non-hydrogen) atoms. The molecule has 0 amide bonds. The minimum atomic E-state index is 0.459. The molecule has 2 heteroatoms. The zero-order chi connectivity index (χ0) is 10.1. The minimum absolute atomic E-state index is 0.459. The summed E-state index contributed by atoms with van der Waals surface area (Å²) in [5.74, 6) is 1.42. The molecule has 1 aliphatic carbocycles. The van der Waals surface area contributed by atoms with Crippen molar-refractivity contribution in [2.75, 3.05) is 0 Å². The molecule has 0 aromatic carbocycles. The fraction of sp³-hybridized carbons (Fsp3) is 0.583. The van der Waals surface area contributed by atoms with Crippen molar-refractivity contribution in [3.8, 4) is 5.75 Å². The highest BCUT2D eigenvalue weighted by atomic mass is 16.5. The number of nitrogens with zero attached hydrogens (tertiary/aromatic N) is 1. The van der Waals surface area contributed by atoms with Gasteiger partial charge in [0.15, 0.2) is 0 Å². The molecule has 1 aromatic rings. The van der Waals surface area contributed by atoms with Crippen LogP contribution < -0.4 is 4.74 Å². The molecule has 76 valence electrons. The third-order valence-corrected chi connectivity index (χ3v) is 2.47. The maximum absolute atomic E-state index is 5.68. The fourth-order valence-electron chi connectivity index (χ4n) is 1.61. The molecular formula is C12H17NO. The van der Waals surface area contributed by atoms with E-state index in [0.29, 0.717) is 12.0 Å². The van der Waals surface area contributed by atoms with Crippen molar-refractivity contribution >= 4 is 0 Å². The molecule has 0 aliphatic heterocycles. The molecule has 0 atom stereocenters. The van der Waals surface area contributed by atoms with Gasteiger partial charge in [0, 0.05) is 5.69 Å². The topological polar surface area (TPSA) is 22.1 Å². The molecule has 2 rings (SSSR count). The molecular weight excluding hydrogens is 174 g/mol. The first-order valence-corrected chi connectivity index (χ1v) is 5.30. The van der Waals surface area contributed by atoms with Gasteiger partial charge in [-0.1, -0.05) is 13.8 Å². The van der Waals surface area contributed by atoms with Gasteiger partial charge in [-0.3, -0.25) is 4.98 Å². The van der Waals surface area contributed by atoms with Crippen LogP contribution in [-0.2, 0) is 0 Å². The Labute approximate surface area is 85.3 Å². The van der Waals surface area contributed by atoms with Gasteiger partial charge < -0.3 is 4.74 Å². The number of ether oxygens (including phenoxy) is 1. The third-order valence-electron chi connectivity index (χ3n) is 2.47. The molecule has 1 aromatic heterocycles. The van der Waals surface area contributed by atoms with Crippen molar-refractivity contribution < 1.29 is 4.74 Å². The summed E-state index contributed by atoms with van der Waals surface area (Å²) >= 11 is 0. The predicted octanol–water partition coefficient (Wildman–Crippen LogP) is 3.05. The van der Waals surface area contributed by atoms with Gasteiger partial charge in [-0.05, 0) is 37.3 Å². The molecule has 0 unspecified atom stereocenters. The summed E-state index contributed by atoms with van der Waals surface area (Å²) in [6.07, 6.45) is 4.71. The van der Waals surface area contributed by atoms with E-state index >= 15 is 0 Å². The van der Waals surface area contributed by atoms with Crippen molar-refractivity contribution in [3.63, 3.8) is 0 Å². The van der Waals surface area contributed by atoms with Crippen LogP contribution in [0.3, 0.4) is 0 Å². The number of hydrogen-bond acceptors (Lipinski definition) is 2. The fourth-order valence-corrected chi connectivity index (χ4v) is 1.61. The highest BCUT2D eigenvalue weighted by molar-refractivity contribution is 5.30. The maximum Gasteiger partial charge on any atom is 0.138 e. The van der Waals surface area contributed by atoms with Crippen LogP contribution in [0.5, 0.6) is 5.75 Å². The van der Waals surface area contributed by atoms with E-state index in [1.807, 2.05) is 6.20 Å². The zero-order valence-electron chi connectivity index (χ0n) is 9.08. The first-order chi connectivity index (χ1) is 6.66. The number of pyridine rings is 1. The van der Waals surface area contributed by atoms with Gasteiger partial charge in [0.25, 0.3) is 0 Å². The van der Waals surface area contributed by atoms with Gasteiger partial charge in [-0.15, -0.1) is 0 Å². The summed E-state index contributed by atoms with van der Waals surface area (Å²) in [6.45, 7) is 6.43. The lowest BCUT2D eigenvalue weighted by Gasteiger charge is -2.10. The van der Waals surface area contributed by atoms with Crippen LogP contribution in [0.2, 0.25) is 0 Å². The van der Waals surface area contributed by atoms with Crippen LogP contribution >= 0.6 is 0 Å². The number of aryl methyl sites for hydroxylation is 1. The second kappa shape index (κ2) is 3.60. The van der Waals surface area contributed by atoms with Crippen LogP contribution in [0, 0.1) is 6.92 Å². The SMILES string of the molecule is Cc1cc(OC2CC2)cnc1C(C)C. The molecule has 0 saturated heterocycles. The van der Waals surface area contributed by atoms with Crippen LogP contribution in [0.1, 0.15) is 43.9 Å². The molecule has 1 aliphatic rings. The molecule has 0 bridgehead atoms. The predicted molar refractivity (Wildman–Crippen MR) is 56.7 cm³/mol. The summed E-state index contributed by atoms with van der Waals surface area (Å²) in [5, 5.41) is 0. The van der Waals surface area contributed by atoms with E-state index < -0.39 is 0 Å². The van der Waals surface area contributed by atoms with Crippen molar-refractivity contribution in [3.05, 3.63) is 23.5 Å². The van der Waals surface area contributed by atoms with Gasteiger partial charge in [0.05, 0.1) is 12.3 Å². The number of aromatic nitrogens is 1. The first-order valence-electron chi connectivity index (χ1n) is 5.30. The van der Waals surface area contributed by atoms with Crippen molar-refractivity contribution in [1.29, 1.82) is 0 Å². The van der Waals surface area contributed by atoms with E-state index in [0.717, 1.165) is 5.75 Å². The highest BCUT2D eigenvalue weighted by Gasteiger charge is 2.23. The summed E-state index contributed by atoms with van der Waals surface area (Å²) in [7, 11) is 0. The summed E-state index contributed by atoms with van der Waals surface area (Å²) in [5.41, 5.74) is 2.41. The van der Waals surface area contributed by atoms with Crippen LogP contribution in [0.25, 0.3) is 0 Å². The van der Waals surface area contributed by atoms with Crippen LogP contribution in [0.15, 0.2) is 12.3 Å². The van der Waals surface area contributed by atoms with Crippen molar-refractivity contribution in [2.24, 2.45) is 0 Å². The summed E-state index contributed by atoms with van der Waals surface area (Å²) in [6, 6.07) is 2.10. The molecule has 0 N–H and O–H groups in total. The smallest absolute Gasteiger partial charge is 0.138 e. The average molecular weight is 191 g/mol. The number of rotatable bonds is 3. The Hall–Kier alpha value is -1.05. The Morgan fingerprint density at radius 2 is 2.14 bits per heavy atom. The van der Waals surface area contributed by atoms with Crippen molar-refractivity contribution in [1.82, 2.24) is 4.98 Å². The Kier molecular flexibility index (Phi) is 2.44. The van der Waals surface area contributed by atoms with Crippen molar-refractivity contribution in [2.45, 2.75) is 45.6 Å². The van der Waals surface area contributed by atoms with E-state index in [1.54, 1.807) is 0 Å². The monoisotopic (exact) mass is 191 g/mol. The largest absolute Gasteiger partial charge is 0.489 e. The van der Waals surface area contributed by atoms with E-state index in [2.05, 4.69) is 31.8 Å². The highest BCUT2D eigenvalue weighted by Crippen LogP contribution is 2.28. The lowest BCUT2D eigenvalue weighted by molar-refractivity contribution is 0.301. The number of hydrogen-bond donors (Lipinski definition) is 0. The second-order valence-corrected chi connectivity index (χ2v) is 4.35.